The highest BCUT2D eigenvalue weighted by Gasteiger charge is 2.23. The molecule has 0 radical (unpaired) electrons. The molecule has 0 bridgehead atoms. The molecule has 5 rings (SSSR count). The highest BCUT2D eigenvalue weighted by molar-refractivity contribution is 7.90. The first-order chi connectivity index (χ1) is 19.2. The standard InChI is InChI=1S/C27H24F2N6O3S2/c1-40(36,37)11-9-31-24-7-2-17(14-32-24)20-5-6-22-25(34-20)26-16(8-10-38-22)12-23(39-26)27(33-15-30)35-21-4-3-18(28)13-19(21)29/h2-7,12-15H,8-11H2,1H3,(H,31,32)(H2,30,33,35). The van der Waals surface area contributed by atoms with Gasteiger partial charge in [0.25, 0.3) is 0 Å². The molecule has 4 heterocycles. The third-order valence-corrected chi connectivity index (χ3v) is 8.03. The number of thiophene rings is 1. The molecule has 0 unspecified atom stereocenters. The van der Waals surface area contributed by atoms with Crippen molar-refractivity contribution in [1.29, 1.82) is 0 Å². The van der Waals surface area contributed by atoms with Crippen molar-refractivity contribution in [1.82, 2.24) is 9.97 Å². The van der Waals surface area contributed by atoms with E-state index in [1.165, 1.54) is 23.7 Å². The van der Waals surface area contributed by atoms with E-state index in [0.717, 1.165) is 34.5 Å². The summed E-state index contributed by atoms with van der Waals surface area (Å²) in [4.78, 5) is 19.2. The van der Waals surface area contributed by atoms with Crippen LogP contribution < -0.4 is 15.8 Å². The number of fused-ring (bicyclic) bond motifs is 3. The van der Waals surface area contributed by atoms with Crippen LogP contribution in [0, 0.1) is 11.6 Å². The lowest BCUT2D eigenvalue weighted by atomic mass is 10.1. The number of ether oxygens (including phenoxy) is 1. The molecule has 0 saturated heterocycles. The van der Waals surface area contributed by atoms with Gasteiger partial charge in [-0.2, -0.15) is 0 Å². The second kappa shape index (κ2) is 11.5. The van der Waals surface area contributed by atoms with Crippen LogP contribution in [0.2, 0.25) is 0 Å². The summed E-state index contributed by atoms with van der Waals surface area (Å²) >= 11 is 1.37. The van der Waals surface area contributed by atoms with E-state index < -0.39 is 21.5 Å². The molecule has 4 aromatic rings. The maximum Gasteiger partial charge on any atom is 0.171 e. The molecule has 3 aromatic heterocycles. The van der Waals surface area contributed by atoms with Crippen LogP contribution in [0.25, 0.3) is 21.8 Å². The number of amidine groups is 1. The highest BCUT2D eigenvalue weighted by Crippen LogP contribution is 2.41. The predicted octanol–water partition coefficient (Wildman–Crippen LogP) is 4.61. The molecule has 1 aromatic carbocycles. The average molecular weight is 583 g/mol. The Morgan fingerprint density at radius 1 is 1.20 bits per heavy atom. The summed E-state index contributed by atoms with van der Waals surface area (Å²) in [5.41, 5.74) is 8.53. The van der Waals surface area contributed by atoms with Gasteiger partial charge >= 0.3 is 0 Å². The fraction of sp³-hybridized carbons (Fsp3) is 0.185. The van der Waals surface area contributed by atoms with Gasteiger partial charge in [0.05, 0.1) is 34.1 Å². The van der Waals surface area contributed by atoms with Gasteiger partial charge in [-0.05, 0) is 48.0 Å². The van der Waals surface area contributed by atoms with Crippen LogP contribution in [0.3, 0.4) is 0 Å². The molecule has 0 amide bonds. The van der Waals surface area contributed by atoms with Crippen LogP contribution in [-0.4, -0.2) is 55.7 Å². The molecule has 9 nitrogen and oxygen atoms in total. The van der Waals surface area contributed by atoms with E-state index >= 15 is 0 Å². The maximum absolute atomic E-state index is 14.3. The first kappa shape index (κ1) is 27.3. The second-order valence-corrected chi connectivity index (χ2v) is 12.2. The summed E-state index contributed by atoms with van der Waals surface area (Å²) in [6.07, 6.45) is 4.53. The number of pyridine rings is 2. The number of hydrogen-bond acceptors (Lipinski definition) is 8. The minimum Gasteiger partial charge on any atom is -0.491 e. The topological polar surface area (TPSA) is 132 Å². The number of hydrogen-bond donors (Lipinski definition) is 2. The fourth-order valence-electron chi connectivity index (χ4n) is 4.00. The van der Waals surface area contributed by atoms with Gasteiger partial charge in [0.1, 0.15) is 38.6 Å². The number of halogens is 2. The Bertz CT molecular complexity index is 1720. The van der Waals surface area contributed by atoms with Gasteiger partial charge in [0.2, 0.25) is 0 Å². The number of anilines is 1. The monoisotopic (exact) mass is 582 g/mol. The number of nitrogens with one attached hydrogen (secondary N) is 1. The minimum absolute atomic E-state index is 0.00972. The van der Waals surface area contributed by atoms with Crippen molar-refractivity contribution in [3.63, 3.8) is 0 Å². The SMILES string of the molecule is CS(=O)(=O)CCNc1ccc(-c2ccc3c(n2)-c2sc(C(N=CN)=Nc4ccc(F)cc4F)cc2CCO3)cn1. The van der Waals surface area contributed by atoms with Gasteiger partial charge in [-0.15, -0.1) is 11.3 Å². The Morgan fingerprint density at radius 3 is 2.77 bits per heavy atom. The molecule has 206 valence electrons. The Hall–Kier alpha value is -4.23. The Balaban J connectivity index is 1.47. The summed E-state index contributed by atoms with van der Waals surface area (Å²) < 4.78 is 56.3. The van der Waals surface area contributed by atoms with Crippen molar-refractivity contribution in [3.8, 4) is 27.6 Å². The van der Waals surface area contributed by atoms with E-state index in [0.29, 0.717) is 40.9 Å². The molecular weight excluding hydrogens is 558 g/mol. The van der Waals surface area contributed by atoms with Crippen LogP contribution in [-0.2, 0) is 16.3 Å². The lowest BCUT2D eigenvalue weighted by Gasteiger charge is -2.10. The van der Waals surface area contributed by atoms with Crippen LogP contribution in [0.4, 0.5) is 20.3 Å². The number of rotatable bonds is 7. The Morgan fingerprint density at radius 2 is 2.05 bits per heavy atom. The predicted molar refractivity (Wildman–Crippen MR) is 153 cm³/mol. The van der Waals surface area contributed by atoms with Crippen molar-refractivity contribution in [2.45, 2.75) is 6.42 Å². The number of aromatic nitrogens is 2. The van der Waals surface area contributed by atoms with Crippen LogP contribution in [0.5, 0.6) is 5.75 Å². The lowest BCUT2D eigenvalue weighted by Crippen LogP contribution is -2.14. The van der Waals surface area contributed by atoms with Gasteiger partial charge in [-0.1, -0.05) is 0 Å². The van der Waals surface area contributed by atoms with Crippen molar-refractivity contribution >= 4 is 44.9 Å². The number of benzene rings is 1. The van der Waals surface area contributed by atoms with E-state index in [-0.39, 0.29) is 23.8 Å². The summed E-state index contributed by atoms with van der Waals surface area (Å²) in [6, 6.07) is 12.3. The molecule has 0 saturated carbocycles. The quantitative estimate of drug-likeness (QED) is 0.240. The van der Waals surface area contributed by atoms with E-state index in [2.05, 4.69) is 20.3 Å². The molecular formula is C27H24F2N6O3S2. The molecule has 0 spiro atoms. The molecule has 40 heavy (non-hydrogen) atoms. The lowest BCUT2D eigenvalue weighted by molar-refractivity contribution is 0.325. The number of nitrogens with two attached hydrogens (primary N) is 1. The van der Waals surface area contributed by atoms with Gasteiger partial charge < -0.3 is 15.8 Å². The zero-order valence-corrected chi connectivity index (χ0v) is 22.9. The highest BCUT2D eigenvalue weighted by atomic mass is 32.2. The van der Waals surface area contributed by atoms with Crippen molar-refractivity contribution in [2.75, 3.05) is 30.5 Å². The summed E-state index contributed by atoms with van der Waals surface area (Å²) in [6.45, 7) is 0.697. The average Bonchev–Trinajstić information content (AvgIpc) is 3.26. The third-order valence-electron chi connectivity index (χ3n) is 5.90. The van der Waals surface area contributed by atoms with Crippen LogP contribution in [0.15, 0.2) is 64.7 Å². The largest absolute Gasteiger partial charge is 0.491 e. The molecule has 0 atom stereocenters. The van der Waals surface area contributed by atoms with Crippen molar-refractivity contribution < 1.29 is 21.9 Å². The van der Waals surface area contributed by atoms with Gasteiger partial charge in [-0.3, -0.25) is 0 Å². The van der Waals surface area contributed by atoms with E-state index in [1.54, 1.807) is 12.3 Å². The molecule has 13 heteroatoms. The number of nitrogens with zero attached hydrogens (tertiary/aromatic N) is 4. The first-order valence-electron chi connectivity index (χ1n) is 12.1. The minimum atomic E-state index is -3.07. The van der Waals surface area contributed by atoms with Crippen molar-refractivity contribution in [2.24, 2.45) is 15.7 Å². The molecule has 3 N–H and O–H groups in total. The maximum atomic E-state index is 14.3. The normalized spacial score (nSPS) is 13.4. The zero-order chi connectivity index (χ0) is 28.3. The van der Waals surface area contributed by atoms with Crippen LogP contribution >= 0.6 is 11.3 Å². The summed E-state index contributed by atoms with van der Waals surface area (Å²) in [5.74, 6) is -0.134. The fourth-order valence-corrected chi connectivity index (χ4v) is 5.62. The van der Waals surface area contributed by atoms with Gasteiger partial charge in [0, 0.05) is 37.0 Å². The smallest absolute Gasteiger partial charge is 0.171 e. The third kappa shape index (κ3) is 6.32. The molecule has 1 aliphatic rings. The van der Waals surface area contributed by atoms with Crippen molar-refractivity contribution in [3.05, 3.63) is 76.8 Å². The second-order valence-electron chi connectivity index (χ2n) is 8.90. The Kier molecular flexibility index (Phi) is 7.85. The Labute approximate surface area is 233 Å². The van der Waals surface area contributed by atoms with E-state index in [4.69, 9.17) is 15.5 Å². The van der Waals surface area contributed by atoms with E-state index in [1.807, 2.05) is 24.3 Å². The zero-order valence-electron chi connectivity index (χ0n) is 21.3. The summed E-state index contributed by atoms with van der Waals surface area (Å²) in [7, 11) is -3.07. The molecule has 0 fully saturated rings. The number of aliphatic imine (C=N–C) groups is 2. The summed E-state index contributed by atoms with van der Waals surface area (Å²) in [5, 5.41) is 3.00. The first-order valence-corrected chi connectivity index (χ1v) is 15.0. The van der Waals surface area contributed by atoms with Gasteiger partial charge in [0.15, 0.2) is 11.7 Å². The molecule has 1 aliphatic heterocycles. The van der Waals surface area contributed by atoms with Crippen LogP contribution in [0.1, 0.15) is 10.4 Å². The molecule has 0 aliphatic carbocycles. The van der Waals surface area contributed by atoms with E-state index in [9.17, 15) is 17.2 Å². The number of sulfone groups is 1. The van der Waals surface area contributed by atoms with Gasteiger partial charge in [-0.25, -0.2) is 37.2 Å².